The summed E-state index contributed by atoms with van der Waals surface area (Å²) < 4.78 is 22.2. The molecule has 2 bridgehead atoms. The minimum atomic E-state index is -0.657. The Morgan fingerprint density at radius 3 is 2.70 bits per heavy atom. The third kappa shape index (κ3) is 4.00. The van der Waals surface area contributed by atoms with Crippen molar-refractivity contribution in [2.75, 3.05) is 19.8 Å². The number of carbonyl (C=O) groups excluding carboxylic acids is 2. The number of fused-ring (bicyclic) bond motifs is 7. The standard InChI is InChI=1S/C27H25FN6O3/c1-5-34-24-15-11-20(26(29)31-13-15)37-14(2)19-12-16(28)8-9-17(19)22-18(7-6-10-30-22)25(35)21(24)23(32-34)27(36)33(3)4/h6-14H,5H2,1-4H3,(H2,29,31)/t14-/m1/s1. The van der Waals surface area contributed by atoms with Gasteiger partial charge < -0.3 is 15.4 Å². The molecule has 1 aliphatic heterocycles. The number of aryl methyl sites for hydroxylation is 1. The molecule has 10 heteroatoms. The van der Waals surface area contributed by atoms with Crippen LogP contribution in [0.15, 0.2) is 48.8 Å². The summed E-state index contributed by atoms with van der Waals surface area (Å²) >= 11 is 0. The van der Waals surface area contributed by atoms with Crippen LogP contribution in [0.5, 0.6) is 5.75 Å². The van der Waals surface area contributed by atoms with Crippen LogP contribution >= 0.6 is 0 Å². The fourth-order valence-electron chi connectivity index (χ4n) is 4.52. The van der Waals surface area contributed by atoms with Crippen LogP contribution in [0, 0.1) is 5.82 Å². The molecule has 2 N–H and O–H groups in total. The minimum absolute atomic E-state index is 0.00528. The smallest absolute Gasteiger partial charge is 0.274 e. The van der Waals surface area contributed by atoms with Gasteiger partial charge in [0.05, 0.1) is 17.0 Å². The first-order chi connectivity index (χ1) is 17.7. The molecule has 0 radical (unpaired) electrons. The van der Waals surface area contributed by atoms with Gasteiger partial charge in [-0.2, -0.15) is 5.10 Å². The Bertz CT molecular complexity index is 1560. The van der Waals surface area contributed by atoms with Crippen molar-refractivity contribution in [1.29, 1.82) is 0 Å². The zero-order valence-corrected chi connectivity index (χ0v) is 20.8. The topological polar surface area (TPSA) is 116 Å². The average Bonchev–Trinajstić information content (AvgIpc) is 3.28. The van der Waals surface area contributed by atoms with Crippen molar-refractivity contribution < 1.29 is 18.7 Å². The summed E-state index contributed by atoms with van der Waals surface area (Å²) in [5.74, 6) is -0.944. The lowest BCUT2D eigenvalue weighted by molar-refractivity contribution is 0.0816. The highest BCUT2D eigenvalue weighted by Gasteiger charge is 2.33. The Kier molecular flexibility index (Phi) is 5.94. The van der Waals surface area contributed by atoms with E-state index in [-0.39, 0.29) is 28.4 Å². The van der Waals surface area contributed by atoms with Gasteiger partial charge in [0.1, 0.15) is 11.9 Å². The van der Waals surface area contributed by atoms with E-state index in [2.05, 4.69) is 15.1 Å². The van der Waals surface area contributed by atoms with Gasteiger partial charge in [-0.3, -0.25) is 19.3 Å². The predicted octanol–water partition coefficient (Wildman–Crippen LogP) is 4.13. The van der Waals surface area contributed by atoms with Crippen LogP contribution in [-0.2, 0) is 6.54 Å². The van der Waals surface area contributed by atoms with Gasteiger partial charge >= 0.3 is 0 Å². The zero-order valence-electron chi connectivity index (χ0n) is 20.8. The number of pyridine rings is 2. The van der Waals surface area contributed by atoms with Crippen LogP contribution in [-0.4, -0.2) is 50.4 Å². The molecule has 1 aliphatic rings. The number of ketones is 1. The Balaban J connectivity index is 1.92. The molecule has 4 aromatic rings. The Labute approximate surface area is 212 Å². The number of hydrogen-bond donors (Lipinski definition) is 1. The molecule has 9 nitrogen and oxygen atoms in total. The molecule has 37 heavy (non-hydrogen) atoms. The predicted molar refractivity (Wildman–Crippen MR) is 136 cm³/mol. The number of nitrogen functional groups attached to an aromatic ring is 1. The third-order valence-corrected chi connectivity index (χ3v) is 6.31. The lowest BCUT2D eigenvalue weighted by Crippen LogP contribution is -2.24. The van der Waals surface area contributed by atoms with Crippen molar-refractivity contribution in [3.63, 3.8) is 0 Å². The Morgan fingerprint density at radius 1 is 1.19 bits per heavy atom. The molecule has 0 fully saturated rings. The molecule has 0 spiro atoms. The molecular formula is C27H25FN6O3. The molecule has 4 heterocycles. The summed E-state index contributed by atoms with van der Waals surface area (Å²) in [7, 11) is 3.19. The summed E-state index contributed by atoms with van der Waals surface area (Å²) in [6.45, 7) is 4.01. The number of ether oxygens (including phenoxy) is 1. The largest absolute Gasteiger partial charge is 0.482 e. The van der Waals surface area contributed by atoms with Gasteiger partial charge in [0.25, 0.3) is 5.91 Å². The molecule has 1 amide bonds. The van der Waals surface area contributed by atoms with Gasteiger partial charge in [0.2, 0.25) is 0 Å². The zero-order chi connectivity index (χ0) is 26.4. The third-order valence-electron chi connectivity index (χ3n) is 6.31. The second-order valence-corrected chi connectivity index (χ2v) is 8.92. The molecule has 0 aliphatic carbocycles. The highest BCUT2D eigenvalue weighted by Crippen LogP contribution is 2.39. The first kappa shape index (κ1) is 24.1. The van der Waals surface area contributed by atoms with Gasteiger partial charge in [0, 0.05) is 55.3 Å². The SMILES string of the molecule is CCn1nc(C(=O)N(C)C)c2c1-c1cnc(N)c(c1)O[C@H](C)c1cc(F)ccc1-c1ncccc1C2=O. The van der Waals surface area contributed by atoms with E-state index >= 15 is 0 Å². The number of halogens is 1. The van der Waals surface area contributed by atoms with Gasteiger partial charge in [-0.1, -0.05) is 0 Å². The van der Waals surface area contributed by atoms with Gasteiger partial charge in [-0.15, -0.1) is 0 Å². The summed E-state index contributed by atoms with van der Waals surface area (Å²) in [6.07, 6.45) is 2.42. The fourth-order valence-corrected chi connectivity index (χ4v) is 4.52. The molecule has 0 unspecified atom stereocenters. The van der Waals surface area contributed by atoms with E-state index in [1.54, 1.807) is 56.2 Å². The van der Waals surface area contributed by atoms with Crippen molar-refractivity contribution in [3.8, 4) is 28.3 Å². The Morgan fingerprint density at radius 2 is 1.97 bits per heavy atom. The first-order valence-electron chi connectivity index (χ1n) is 11.8. The van der Waals surface area contributed by atoms with Gasteiger partial charge in [-0.05, 0) is 50.2 Å². The van der Waals surface area contributed by atoms with E-state index in [1.165, 1.54) is 23.2 Å². The monoisotopic (exact) mass is 500 g/mol. The van der Waals surface area contributed by atoms with E-state index in [0.29, 0.717) is 34.6 Å². The summed E-state index contributed by atoms with van der Waals surface area (Å²) in [6, 6.07) is 9.16. The van der Waals surface area contributed by atoms with E-state index in [1.807, 2.05) is 6.92 Å². The Hall–Kier alpha value is -4.60. The number of nitrogens with two attached hydrogens (primary N) is 1. The number of nitrogens with zero attached hydrogens (tertiary/aromatic N) is 5. The molecule has 0 saturated carbocycles. The average molecular weight is 501 g/mol. The second kappa shape index (κ2) is 9.12. The number of hydrogen-bond acceptors (Lipinski definition) is 7. The lowest BCUT2D eigenvalue weighted by Gasteiger charge is -2.21. The highest BCUT2D eigenvalue weighted by atomic mass is 19.1. The molecule has 1 atom stereocenters. The van der Waals surface area contributed by atoms with Crippen molar-refractivity contribution in [1.82, 2.24) is 24.6 Å². The van der Waals surface area contributed by atoms with Crippen LogP contribution in [0.3, 0.4) is 0 Å². The quantitative estimate of drug-likeness (QED) is 0.440. The molecule has 0 saturated heterocycles. The molecule has 5 rings (SSSR count). The van der Waals surface area contributed by atoms with E-state index in [0.717, 1.165) is 0 Å². The number of benzene rings is 1. The van der Waals surface area contributed by atoms with Crippen LogP contribution in [0.4, 0.5) is 10.2 Å². The normalized spacial score (nSPS) is 14.4. The van der Waals surface area contributed by atoms with Crippen LogP contribution in [0.25, 0.3) is 22.5 Å². The number of aromatic nitrogens is 4. The molecular weight excluding hydrogens is 475 g/mol. The summed E-state index contributed by atoms with van der Waals surface area (Å²) in [4.78, 5) is 37.7. The molecule has 1 aromatic carbocycles. The van der Waals surface area contributed by atoms with E-state index in [4.69, 9.17) is 10.5 Å². The maximum atomic E-state index is 14.4. The van der Waals surface area contributed by atoms with Crippen molar-refractivity contribution in [2.24, 2.45) is 0 Å². The van der Waals surface area contributed by atoms with E-state index < -0.39 is 23.6 Å². The van der Waals surface area contributed by atoms with Crippen molar-refractivity contribution >= 4 is 17.5 Å². The maximum Gasteiger partial charge on any atom is 0.274 e. The van der Waals surface area contributed by atoms with Gasteiger partial charge in [-0.25, -0.2) is 9.37 Å². The van der Waals surface area contributed by atoms with Crippen molar-refractivity contribution in [3.05, 3.63) is 77.0 Å². The number of anilines is 1. The summed E-state index contributed by atoms with van der Waals surface area (Å²) in [5.41, 5.74) is 8.76. The molecule has 3 aromatic heterocycles. The number of carbonyl (C=O) groups is 2. The van der Waals surface area contributed by atoms with E-state index in [9.17, 15) is 14.0 Å². The number of rotatable bonds is 2. The number of amides is 1. The van der Waals surface area contributed by atoms with Crippen LogP contribution in [0.1, 0.15) is 51.9 Å². The lowest BCUT2D eigenvalue weighted by atomic mass is 9.91. The van der Waals surface area contributed by atoms with Crippen molar-refractivity contribution in [2.45, 2.75) is 26.5 Å². The first-order valence-corrected chi connectivity index (χ1v) is 11.8. The molecule has 188 valence electrons. The fraction of sp³-hybridized carbons (Fsp3) is 0.222. The van der Waals surface area contributed by atoms with Gasteiger partial charge in [0.15, 0.2) is 23.0 Å². The second-order valence-electron chi connectivity index (χ2n) is 8.92. The minimum Gasteiger partial charge on any atom is -0.482 e. The van der Waals surface area contributed by atoms with Crippen LogP contribution in [0.2, 0.25) is 0 Å². The van der Waals surface area contributed by atoms with Crippen LogP contribution < -0.4 is 10.5 Å². The summed E-state index contributed by atoms with van der Waals surface area (Å²) in [5, 5.41) is 4.53. The maximum absolute atomic E-state index is 14.4. The highest BCUT2D eigenvalue weighted by molar-refractivity contribution is 6.20.